The van der Waals surface area contributed by atoms with E-state index in [4.69, 9.17) is 5.11 Å². The molecule has 0 spiro atoms. The Hall–Kier alpha value is -2.08. The highest BCUT2D eigenvalue weighted by molar-refractivity contribution is 5.77. The molecule has 1 aromatic heterocycles. The number of aryl methyl sites for hydroxylation is 1. The molecule has 1 atom stereocenters. The van der Waals surface area contributed by atoms with Crippen molar-refractivity contribution < 1.29 is 9.90 Å². The van der Waals surface area contributed by atoms with Gasteiger partial charge in [0.25, 0.3) is 0 Å². The van der Waals surface area contributed by atoms with Crippen LogP contribution in [0.25, 0.3) is 11.0 Å². The molecule has 1 heterocycles. The number of carbonyl (C=O) groups is 1. The highest BCUT2D eigenvalue weighted by Gasteiger charge is 2.21. The fourth-order valence-corrected chi connectivity index (χ4v) is 2.31. The molecule has 0 unspecified atom stereocenters. The van der Waals surface area contributed by atoms with Crippen LogP contribution in [0.3, 0.4) is 0 Å². The molecule has 0 fully saturated rings. The van der Waals surface area contributed by atoms with E-state index >= 15 is 0 Å². The number of aliphatic hydroxyl groups is 1. The minimum absolute atomic E-state index is 0.0663. The van der Waals surface area contributed by atoms with Gasteiger partial charge in [0.15, 0.2) is 0 Å². The Balaban J connectivity index is 2.13. The van der Waals surface area contributed by atoms with Crippen LogP contribution in [-0.4, -0.2) is 34.3 Å². The summed E-state index contributed by atoms with van der Waals surface area (Å²) in [7, 11) is 0. The first-order valence-corrected chi connectivity index (χ1v) is 7.62. The van der Waals surface area contributed by atoms with Crippen LogP contribution in [0.1, 0.15) is 37.7 Å². The van der Waals surface area contributed by atoms with Gasteiger partial charge < -0.3 is 20.7 Å². The molecule has 1 aromatic carbocycles. The summed E-state index contributed by atoms with van der Waals surface area (Å²) in [6, 6.07) is 5.60. The number of aromatic amines is 1. The molecule has 2 amide bonds. The first kappa shape index (κ1) is 16.3. The Morgan fingerprint density at radius 2 is 2.18 bits per heavy atom. The summed E-state index contributed by atoms with van der Waals surface area (Å²) in [5.74, 6) is 0.957. The zero-order valence-corrected chi connectivity index (χ0v) is 13.3. The smallest absolute Gasteiger partial charge is 0.315 e. The number of benzene rings is 1. The molecule has 0 saturated heterocycles. The van der Waals surface area contributed by atoms with Gasteiger partial charge >= 0.3 is 6.03 Å². The number of fused-ring (bicyclic) bond motifs is 1. The third-order valence-electron chi connectivity index (χ3n) is 3.52. The Labute approximate surface area is 130 Å². The predicted molar refractivity (Wildman–Crippen MR) is 86.6 cm³/mol. The molecular weight excluding hydrogens is 280 g/mol. The van der Waals surface area contributed by atoms with Gasteiger partial charge in [-0.05, 0) is 37.0 Å². The standard InChI is InChI=1S/C16H24N4O2/c1-10(2)14(20-16(22)17-7-4-8-21)15-18-12-6-5-11(3)9-13(12)19-15/h5-6,9-10,14,21H,4,7-8H2,1-3H3,(H,18,19)(H2,17,20,22)/t14-/m1/s1. The third kappa shape index (κ3) is 3.98. The lowest BCUT2D eigenvalue weighted by Gasteiger charge is -2.20. The number of nitrogens with zero attached hydrogens (tertiary/aromatic N) is 1. The van der Waals surface area contributed by atoms with E-state index in [-0.39, 0.29) is 24.6 Å². The first-order valence-electron chi connectivity index (χ1n) is 7.62. The molecule has 0 bridgehead atoms. The van der Waals surface area contributed by atoms with Gasteiger partial charge in [-0.15, -0.1) is 0 Å². The van der Waals surface area contributed by atoms with Gasteiger partial charge in [0.05, 0.1) is 17.1 Å². The number of hydrogen-bond acceptors (Lipinski definition) is 3. The number of amides is 2. The van der Waals surface area contributed by atoms with Gasteiger partial charge in [-0.3, -0.25) is 0 Å². The fraction of sp³-hybridized carbons (Fsp3) is 0.500. The van der Waals surface area contributed by atoms with Crippen molar-refractivity contribution in [3.8, 4) is 0 Å². The Morgan fingerprint density at radius 3 is 2.86 bits per heavy atom. The van der Waals surface area contributed by atoms with E-state index in [0.717, 1.165) is 16.9 Å². The number of carbonyl (C=O) groups excluding carboxylic acids is 1. The van der Waals surface area contributed by atoms with Gasteiger partial charge in [-0.1, -0.05) is 19.9 Å². The van der Waals surface area contributed by atoms with Crippen LogP contribution in [0, 0.1) is 12.8 Å². The number of nitrogens with one attached hydrogen (secondary N) is 3. The minimum atomic E-state index is -0.246. The summed E-state index contributed by atoms with van der Waals surface area (Å²) in [5.41, 5.74) is 3.04. The predicted octanol–water partition coefficient (Wildman–Crippen LogP) is 2.25. The Morgan fingerprint density at radius 1 is 1.41 bits per heavy atom. The molecule has 2 rings (SSSR count). The summed E-state index contributed by atoms with van der Waals surface area (Å²) in [5, 5.41) is 14.4. The lowest BCUT2D eigenvalue weighted by Crippen LogP contribution is -2.40. The van der Waals surface area contributed by atoms with Crippen LogP contribution in [0.4, 0.5) is 4.79 Å². The van der Waals surface area contributed by atoms with Crippen molar-refractivity contribution in [2.45, 2.75) is 33.2 Å². The lowest BCUT2D eigenvalue weighted by molar-refractivity contribution is 0.230. The molecule has 0 saturated carbocycles. The highest BCUT2D eigenvalue weighted by Crippen LogP contribution is 2.22. The van der Waals surface area contributed by atoms with Gasteiger partial charge in [0.1, 0.15) is 5.82 Å². The maximum Gasteiger partial charge on any atom is 0.315 e. The van der Waals surface area contributed by atoms with Crippen LogP contribution in [0.5, 0.6) is 0 Å². The van der Waals surface area contributed by atoms with Crippen molar-refractivity contribution in [3.63, 3.8) is 0 Å². The lowest BCUT2D eigenvalue weighted by atomic mass is 10.0. The van der Waals surface area contributed by atoms with E-state index < -0.39 is 0 Å². The quantitative estimate of drug-likeness (QED) is 0.617. The molecule has 120 valence electrons. The monoisotopic (exact) mass is 304 g/mol. The third-order valence-corrected chi connectivity index (χ3v) is 3.52. The molecule has 4 N–H and O–H groups in total. The van der Waals surface area contributed by atoms with E-state index in [9.17, 15) is 4.79 Å². The number of urea groups is 1. The maximum atomic E-state index is 11.9. The largest absolute Gasteiger partial charge is 0.396 e. The summed E-state index contributed by atoms with van der Waals surface area (Å²) < 4.78 is 0. The number of aromatic nitrogens is 2. The first-order chi connectivity index (χ1) is 10.5. The van der Waals surface area contributed by atoms with Crippen molar-refractivity contribution in [3.05, 3.63) is 29.6 Å². The van der Waals surface area contributed by atoms with Gasteiger partial charge in [0.2, 0.25) is 0 Å². The van der Waals surface area contributed by atoms with Crippen LogP contribution in [0.2, 0.25) is 0 Å². The van der Waals surface area contributed by atoms with Gasteiger partial charge in [0, 0.05) is 13.2 Å². The second kappa shape index (κ2) is 7.26. The van der Waals surface area contributed by atoms with Crippen LogP contribution in [0.15, 0.2) is 18.2 Å². The second-order valence-corrected chi connectivity index (χ2v) is 5.84. The molecule has 6 nitrogen and oxygen atoms in total. The molecular formula is C16H24N4O2. The SMILES string of the molecule is Cc1ccc2nc([C@H](NC(=O)NCCCO)C(C)C)[nH]c2c1. The Bertz CT molecular complexity index is 636. The zero-order valence-electron chi connectivity index (χ0n) is 13.3. The Kier molecular flexibility index (Phi) is 5.38. The highest BCUT2D eigenvalue weighted by atomic mass is 16.3. The molecule has 0 radical (unpaired) electrons. The van der Waals surface area contributed by atoms with Crippen LogP contribution in [-0.2, 0) is 0 Å². The van der Waals surface area contributed by atoms with Crippen molar-refractivity contribution in [1.82, 2.24) is 20.6 Å². The average molecular weight is 304 g/mol. The molecule has 0 aliphatic heterocycles. The molecule has 22 heavy (non-hydrogen) atoms. The molecule has 0 aliphatic rings. The molecule has 2 aromatic rings. The topological polar surface area (TPSA) is 90.0 Å². The van der Waals surface area contributed by atoms with Crippen molar-refractivity contribution >= 4 is 17.1 Å². The number of imidazole rings is 1. The summed E-state index contributed by atoms with van der Waals surface area (Å²) in [6.45, 7) is 6.63. The number of H-pyrrole nitrogens is 1. The molecule has 0 aliphatic carbocycles. The van der Waals surface area contributed by atoms with Crippen molar-refractivity contribution in [2.24, 2.45) is 5.92 Å². The van der Waals surface area contributed by atoms with E-state index in [0.29, 0.717) is 13.0 Å². The normalized spacial score (nSPS) is 12.6. The van der Waals surface area contributed by atoms with Crippen LogP contribution >= 0.6 is 0 Å². The van der Waals surface area contributed by atoms with Crippen LogP contribution < -0.4 is 10.6 Å². The van der Waals surface area contributed by atoms with Gasteiger partial charge in [-0.25, -0.2) is 9.78 Å². The summed E-state index contributed by atoms with van der Waals surface area (Å²) >= 11 is 0. The van der Waals surface area contributed by atoms with Crippen molar-refractivity contribution in [2.75, 3.05) is 13.2 Å². The van der Waals surface area contributed by atoms with E-state index in [2.05, 4.69) is 20.6 Å². The summed E-state index contributed by atoms with van der Waals surface area (Å²) in [6.07, 6.45) is 0.545. The number of aliphatic hydroxyl groups excluding tert-OH is 1. The van der Waals surface area contributed by atoms with E-state index in [1.807, 2.05) is 39.0 Å². The number of rotatable bonds is 6. The van der Waals surface area contributed by atoms with E-state index in [1.54, 1.807) is 0 Å². The maximum absolute atomic E-state index is 11.9. The summed E-state index contributed by atoms with van der Waals surface area (Å²) in [4.78, 5) is 19.8. The fourth-order valence-electron chi connectivity index (χ4n) is 2.31. The van der Waals surface area contributed by atoms with Crippen molar-refractivity contribution in [1.29, 1.82) is 0 Å². The second-order valence-electron chi connectivity index (χ2n) is 5.84. The van der Waals surface area contributed by atoms with Gasteiger partial charge in [-0.2, -0.15) is 0 Å². The zero-order chi connectivity index (χ0) is 16.1. The molecule has 6 heteroatoms. The average Bonchev–Trinajstić information content (AvgIpc) is 2.87. The van der Waals surface area contributed by atoms with E-state index in [1.165, 1.54) is 5.56 Å². The number of hydrogen-bond donors (Lipinski definition) is 4. The minimum Gasteiger partial charge on any atom is -0.396 e.